The number of carbonyl (C=O) groups excluding carboxylic acids is 1. The lowest BCUT2D eigenvalue weighted by Crippen LogP contribution is -2.32. The molecule has 1 saturated carbocycles. The van der Waals surface area contributed by atoms with Crippen molar-refractivity contribution in [2.45, 2.75) is 30.0 Å². The minimum absolute atomic E-state index is 0.337. The number of halogens is 1. The summed E-state index contributed by atoms with van der Waals surface area (Å²) in [5.41, 5.74) is 2.38. The number of carbonyl (C=O) groups is 1. The molecule has 0 aliphatic heterocycles. The van der Waals surface area contributed by atoms with Crippen LogP contribution >= 0.6 is 15.9 Å². The molecule has 0 aromatic heterocycles. The lowest BCUT2D eigenvalue weighted by Gasteiger charge is -2.36. The van der Waals surface area contributed by atoms with E-state index in [0.29, 0.717) is 10.9 Å². The molecule has 0 spiro atoms. The van der Waals surface area contributed by atoms with Crippen LogP contribution in [0.4, 0.5) is 0 Å². The molecule has 1 aromatic carbocycles. The Bertz CT molecular complexity index is 457. The van der Waals surface area contributed by atoms with Crippen LogP contribution in [-0.2, 0) is 10.7 Å². The minimum Gasteiger partial charge on any atom is -0.298 e. The highest BCUT2D eigenvalue weighted by molar-refractivity contribution is 9.08. The summed E-state index contributed by atoms with van der Waals surface area (Å²) >= 11 is 3.38. The maximum atomic E-state index is 10.9. The van der Waals surface area contributed by atoms with E-state index in [0.717, 1.165) is 36.7 Å². The number of nitriles is 1. The Labute approximate surface area is 103 Å². The third-order valence-corrected chi connectivity index (χ3v) is 3.93. The molecular weight excluding hydrogens is 266 g/mol. The molecule has 1 aliphatic rings. The molecule has 1 aromatic rings. The first-order valence-electron chi connectivity index (χ1n) is 5.31. The van der Waals surface area contributed by atoms with Crippen LogP contribution in [0.3, 0.4) is 0 Å². The molecule has 0 unspecified atom stereocenters. The summed E-state index contributed by atoms with van der Waals surface area (Å²) in [4.78, 5) is 10.9. The lowest BCUT2D eigenvalue weighted by atomic mass is 9.65. The van der Waals surface area contributed by atoms with Crippen LogP contribution < -0.4 is 0 Å². The average Bonchev–Trinajstić information content (AvgIpc) is 2.28. The fourth-order valence-electron chi connectivity index (χ4n) is 2.14. The maximum absolute atomic E-state index is 10.9. The highest BCUT2D eigenvalue weighted by Gasteiger charge is 2.39. The van der Waals surface area contributed by atoms with Crippen LogP contribution in [0.5, 0.6) is 0 Å². The highest BCUT2D eigenvalue weighted by atomic mass is 79.9. The second-order valence-corrected chi connectivity index (χ2v) is 4.82. The van der Waals surface area contributed by atoms with E-state index in [4.69, 9.17) is 0 Å². The van der Waals surface area contributed by atoms with Crippen LogP contribution in [0.15, 0.2) is 18.2 Å². The van der Waals surface area contributed by atoms with Gasteiger partial charge < -0.3 is 0 Å². The van der Waals surface area contributed by atoms with Gasteiger partial charge in [-0.3, -0.25) is 4.79 Å². The van der Waals surface area contributed by atoms with Gasteiger partial charge >= 0.3 is 0 Å². The Morgan fingerprint density at radius 2 is 2.19 bits per heavy atom. The number of alkyl halides is 1. The zero-order valence-corrected chi connectivity index (χ0v) is 10.5. The fraction of sp³-hybridized carbons (Fsp3) is 0.385. The zero-order valence-electron chi connectivity index (χ0n) is 8.87. The van der Waals surface area contributed by atoms with E-state index in [1.807, 2.05) is 18.2 Å². The Morgan fingerprint density at radius 1 is 1.44 bits per heavy atom. The Kier molecular flexibility index (Phi) is 3.11. The van der Waals surface area contributed by atoms with Gasteiger partial charge in [-0.25, -0.2) is 0 Å². The van der Waals surface area contributed by atoms with Crippen molar-refractivity contribution < 1.29 is 4.79 Å². The minimum atomic E-state index is -0.337. The molecule has 0 bridgehead atoms. The number of aldehydes is 1. The van der Waals surface area contributed by atoms with E-state index in [9.17, 15) is 10.1 Å². The Hall–Kier alpha value is -1.14. The van der Waals surface area contributed by atoms with Crippen molar-refractivity contribution in [3.8, 4) is 6.07 Å². The first-order valence-corrected chi connectivity index (χ1v) is 6.43. The Balaban J connectivity index is 2.48. The molecule has 0 saturated heterocycles. The summed E-state index contributed by atoms with van der Waals surface area (Å²) in [5.74, 6) is 0. The fourth-order valence-corrected chi connectivity index (χ4v) is 2.46. The lowest BCUT2D eigenvalue weighted by molar-refractivity contribution is 0.112. The summed E-state index contributed by atoms with van der Waals surface area (Å²) in [6.45, 7) is 0. The first kappa shape index (κ1) is 11.3. The number of hydrogen-bond donors (Lipinski definition) is 0. The molecule has 0 atom stereocenters. The number of hydrogen-bond acceptors (Lipinski definition) is 2. The van der Waals surface area contributed by atoms with Crippen molar-refractivity contribution in [1.82, 2.24) is 0 Å². The molecule has 0 amide bonds. The molecule has 0 radical (unpaired) electrons. The molecule has 2 nitrogen and oxygen atoms in total. The summed E-state index contributed by atoms with van der Waals surface area (Å²) < 4.78 is 0. The predicted molar refractivity (Wildman–Crippen MR) is 65.6 cm³/mol. The van der Waals surface area contributed by atoms with Crippen molar-refractivity contribution in [3.63, 3.8) is 0 Å². The molecule has 1 aliphatic carbocycles. The molecule has 3 heteroatoms. The monoisotopic (exact) mass is 277 g/mol. The van der Waals surface area contributed by atoms with E-state index < -0.39 is 0 Å². The van der Waals surface area contributed by atoms with E-state index in [1.54, 1.807) is 0 Å². The third kappa shape index (κ3) is 1.78. The van der Waals surface area contributed by atoms with Gasteiger partial charge in [0.1, 0.15) is 6.29 Å². The predicted octanol–water partition coefficient (Wildman–Crippen LogP) is 3.34. The van der Waals surface area contributed by atoms with Gasteiger partial charge in [0, 0.05) is 10.9 Å². The van der Waals surface area contributed by atoms with E-state index in [2.05, 4.69) is 22.0 Å². The smallest absolute Gasteiger partial charge is 0.150 e. The molecule has 16 heavy (non-hydrogen) atoms. The largest absolute Gasteiger partial charge is 0.298 e. The van der Waals surface area contributed by atoms with Gasteiger partial charge in [-0.2, -0.15) is 5.26 Å². The van der Waals surface area contributed by atoms with Gasteiger partial charge in [-0.05, 0) is 42.5 Å². The molecule has 1 fully saturated rings. The van der Waals surface area contributed by atoms with Crippen LogP contribution in [0.2, 0.25) is 0 Å². The van der Waals surface area contributed by atoms with E-state index in [1.165, 1.54) is 0 Å². The summed E-state index contributed by atoms with van der Waals surface area (Å²) in [6, 6.07) is 8.14. The highest BCUT2D eigenvalue weighted by Crippen LogP contribution is 2.43. The first-order chi connectivity index (χ1) is 7.74. The molecular formula is C13H12BrNO. The van der Waals surface area contributed by atoms with Gasteiger partial charge in [0.15, 0.2) is 0 Å². The van der Waals surface area contributed by atoms with Crippen molar-refractivity contribution >= 4 is 22.2 Å². The van der Waals surface area contributed by atoms with Gasteiger partial charge in [0.2, 0.25) is 0 Å². The average molecular weight is 278 g/mol. The SMILES string of the molecule is N#CC1(c2cc(C=O)cc(CBr)c2)CCC1. The number of nitrogens with zero attached hydrogens (tertiary/aromatic N) is 1. The summed E-state index contributed by atoms with van der Waals surface area (Å²) in [6.07, 6.45) is 3.77. The van der Waals surface area contributed by atoms with Crippen molar-refractivity contribution in [1.29, 1.82) is 5.26 Å². The van der Waals surface area contributed by atoms with Crippen LogP contribution in [0, 0.1) is 11.3 Å². The van der Waals surface area contributed by atoms with E-state index >= 15 is 0 Å². The standard InChI is InChI=1S/C13H12BrNO/c14-7-10-4-11(8-16)6-12(5-10)13(9-15)2-1-3-13/h4-6,8H,1-3,7H2. The van der Waals surface area contributed by atoms with Gasteiger partial charge in [0.05, 0.1) is 11.5 Å². The quantitative estimate of drug-likeness (QED) is 0.628. The number of benzene rings is 1. The van der Waals surface area contributed by atoms with Crippen LogP contribution in [0.1, 0.15) is 40.7 Å². The van der Waals surface area contributed by atoms with Crippen LogP contribution in [-0.4, -0.2) is 6.29 Å². The van der Waals surface area contributed by atoms with Crippen molar-refractivity contribution in [2.75, 3.05) is 0 Å². The molecule has 0 N–H and O–H groups in total. The van der Waals surface area contributed by atoms with Gasteiger partial charge in [0.25, 0.3) is 0 Å². The van der Waals surface area contributed by atoms with Crippen molar-refractivity contribution in [3.05, 3.63) is 34.9 Å². The molecule has 82 valence electrons. The third-order valence-electron chi connectivity index (χ3n) is 3.28. The molecule has 2 rings (SSSR count). The molecule has 0 heterocycles. The summed E-state index contributed by atoms with van der Waals surface area (Å²) in [5, 5.41) is 9.98. The normalized spacial score (nSPS) is 17.2. The van der Waals surface area contributed by atoms with Crippen LogP contribution in [0.25, 0.3) is 0 Å². The second-order valence-electron chi connectivity index (χ2n) is 4.26. The zero-order chi connectivity index (χ0) is 11.6. The van der Waals surface area contributed by atoms with Gasteiger partial charge in [-0.15, -0.1) is 0 Å². The summed E-state index contributed by atoms with van der Waals surface area (Å²) in [7, 11) is 0. The van der Waals surface area contributed by atoms with E-state index in [-0.39, 0.29) is 5.41 Å². The van der Waals surface area contributed by atoms with Gasteiger partial charge in [-0.1, -0.05) is 22.0 Å². The second kappa shape index (κ2) is 4.39. The maximum Gasteiger partial charge on any atom is 0.150 e. The topological polar surface area (TPSA) is 40.9 Å². The Morgan fingerprint density at radius 3 is 2.62 bits per heavy atom. The number of rotatable bonds is 3. The van der Waals surface area contributed by atoms with Crippen molar-refractivity contribution in [2.24, 2.45) is 0 Å².